The number of likely N-dealkylation sites (tertiary alicyclic amines) is 1. The maximum atomic E-state index is 13.0. The topological polar surface area (TPSA) is 119 Å². The largest absolute Gasteiger partial charge is 0.380 e. The predicted octanol–water partition coefficient (Wildman–Crippen LogP) is 3.50. The van der Waals surface area contributed by atoms with E-state index in [0.717, 1.165) is 35.1 Å². The second-order valence-electron chi connectivity index (χ2n) is 10.2. The van der Waals surface area contributed by atoms with E-state index >= 15 is 0 Å². The Morgan fingerprint density at radius 1 is 0.974 bits per heavy atom. The van der Waals surface area contributed by atoms with Gasteiger partial charge in [-0.3, -0.25) is 14.4 Å². The van der Waals surface area contributed by atoms with Gasteiger partial charge in [0.25, 0.3) is 17.7 Å². The summed E-state index contributed by atoms with van der Waals surface area (Å²) in [6.07, 6.45) is -2.19. The van der Waals surface area contributed by atoms with Crippen LogP contribution in [-0.4, -0.2) is 58.1 Å². The van der Waals surface area contributed by atoms with Crippen molar-refractivity contribution < 1.29 is 24.6 Å². The zero-order chi connectivity index (χ0) is 27.9. The lowest BCUT2D eigenvalue weighted by molar-refractivity contribution is -0.153. The Labute approximate surface area is 232 Å². The van der Waals surface area contributed by atoms with E-state index in [2.05, 4.69) is 10.6 Å². The van der Waals surface area contributed by atoms with Crippen molar-refractivity contribution in [2.45, 2.75) is 51.5 Å². The fraction of sp³-hybridized carbons (Fsp3) is 0.367. The minimum atomic E-state index is -1.88. The molecule has 1 aliphatic rings. The van der Waals surface area contributed by atoms with Gasteiger partial charge in [-0.2, -0.15) is 0 Å². The highest BCUT2D eigenvalue weighted by molar-refractivity contribution is 7.12. The number of nitrogens with zero attached hydrogens (tertiary/aromatic N) is 1. The molecule has 2 aromatic carbocycles. The third-order valence-corrected chi connectivity index (χ3v) is 7.73. The van der Waals surface area contributed by atoms with Crippen molar-refractivity contribution in [2.75, 3.05) is 13.1 Å². The van der Waals surface area contributed by atoms with Crippen molar-refractivity contribution in [1.29, 1.82) is 0 Å². The Balaban J connectivity index is 1.32. The second kappa shape index (κ2) is 13.0. The Morgan fingerprint density at radius 2 is 1.69 bits per heavy atom. The maximum absolute atomic E-state index is 13.0. The maximum Gasteiger partial charge on any atom is 0.261 e. The minimum Gasteiger partial charge on any atom is -0.380 e. The molecule has 1 saturated heterocycles. The molecule has 8 nitrogen and oxygen atoms in total. The molecule has 0 unspecified atom stereocenters. The van der Waals surface area contributed by atoms with Gasteiger partial charge < -0.3 is 25.7 Å². The summed E-state index contributed by atoms with van der Waals surface area (Å²) < 4.78 is 0. The molecule has 1 fully saturated rings. The first-order valence-corrected chi connectivity index (χ1v) is 14.1. The van der Waals surface area contributed by atoms with Crippen molar-refractivity contribution in [2.24, 2.45) is 5.92 Å². The van der Waals surface area contributed by atoms with Gasteiger partial charge in [0.05, 0.1) is 10.9 Å². The summed E-state index contributed by atoms with van der Waals surface area (Å²) in [5.74, 6) is -1.22. The van der Waals surface area contributed by atoms with E-state index in [1.54, 1.807) is 0 Å². The van der Waals surface area contributed by atoms with Crippen LogP contribution >= 0.6 is 11.3 Å². The Bertz CT molecular complexity index is 1280. The summed E-state index contributed by atoms with van der Waals surface area (Å²) in [6, 6.07) is 18.7. The van der Waals surface area contributed by atoms with E-state index in [1.807, 2.05) is 79.9 Å². The molecule has 3 amide bonds. The zero-order valence-corrected chi connectivity index (χ0v) is 23.0. The molecule has 0 aliphatic carbocycles. The number of aliphatic hydroxyl groups is 2. The molecule has 206 valence electrons. The van der Waals surface area contributed by atoms with E-state index in [9.17, 15) is 24.6 Å². The number of hydrogen-bond acceptors (Lipinski definition) is 6. The Morgan fingerprint density at radius 3 is 2.38 bits per heavy atom. The summed E-state index contributed by atoms with van der Waals surface area (Å²) in [5, 5.41) is 28.4. The summed E-state index contributed by atoms with van der Waals surface area (Å²) >= 11 is 1.39. The summed E-state index contributed by atoms with van der Waals surface area (Å²) in [7, 11) is 0. The number of benzene rings is 2. The van der Waals surface area contributed by atoms with Crippen molar-refractivity contribution in [3.8, 4) is 11.1 Å². The monoisotopic (exact) mass is 549 g/mol. The molecular formula is C30H35N3O5S. The molecule has 2 heterocycles. The highest BCUT2D eigenvalue weighted by atomic mass is 32.1. The van der Waals surface area contributed by atoms with Crippen molar-refractivity contribution in [3.05, 3.63) is 82.0 Å². The van der Waals surface area contributed by atoms with Crippen molar-refractivity contribution in [1.82, 2.24) is 15.5 Å². The van der Waals surface area contributed by atoms with Crippen LogP contribution in [0.2, 0.25) is 0 Å². The van der Waals surface area contributed by atoms with Crippen LogP contribution in [0, 0.1) is 5.92 Å². The van der Waals surface area contributed by atoms with Crippen LogP contribution in [0.25, 0.3) is 11.1 Å². The molecular weight excluding hydrogens is 514 g/mol. The molecule has 9 heteroatoms. The SMILES string of the molecule is CC(C)CNC(=O)c1sccc1-c1ccc(CNC(=O)[C@H](O)[C@@H](O)C(=O)N2CCC[C@@H]2c2ccccc2)cc1. The molecule has 4 rings (SSSR count). The Hall–Kier alpha value is -3.53. The van der Waals surface area contributed by atoms with Gasteiger partial charge in [0.15, 0.2) is 12.2 Å². The van der Waals surface area contributed by atoms with Gasteiger partial charge in [-0.1, -0.05) is 68.4 Å². The molecule has 3 atom stereocenters. The highest BCUT2D eigenvalue weighted by Gasteiger charge is 2.38. The van der Waals surface area contributed by atoms with Gasteiger partial charge in [-0.25, -0.2) is 0 Å². The lowest BCUT2D eigenvalue weighted by Crippen LogP contribution is -2.50. The van der Waals surface area contributed by atoms with Crippen LogP contribution in [0.3, 0.4) is 0 Å². The van der Waals surface area contributed by atoms with E-state index < -0.39 is 24.0 Å². The molecule has 1 aromatic heterocycles. The standard InChI is InChI=1S/C30H35N3O5S/c1-19(2)17-31-29(37)27-23(14-16-39-27)21-12-10-20(11-13-21)18-32-28(36)25(34)26(35)30(38)33-15-6-9-24(33)22-7-4-3-5-8-22/h3-5,7-8,10-14,16,19,24-26,34-35H,6,9,15,17-18H2,1-2H3,(H,31,37)(H,32,36)/t24-,25-,26-/m1/s1. The first-order valence-electron chi connectivity index (χ1n) is 13.2. The first-order chi connectivity index (χ1) is 18.8. The van der Waals surface area contributed by atoms with Crippen LogP contribution in [0.4, 0.5) is 0 Å². The zero-order valence-electron chi connectivity index (χ0n) is 22.2. The van der Waals surface area contributed by atoms with Crippen LogP contribution in [0.15, 0.2) is 66.0 Å². The van der Waals surface area contributed by atoms with Gasteiger partial charge in [-0.15, -0.1) is 11.3 Å². The predicted molar refractivity (Wildman–Crippen MR) is 151 cm³/mol. The van der Waals surface area contributed by atoms with Crippen molar-refractivity contribution >= 4 is 29.1 Å². The molecule has 0 bridgehead atoms. The van der Waals surface area contributed by atoms with Crippen LogP contribution < -0.4 is 10.6 Å². The van der Waals surface area contributed by atoms with Crippen LogP contribution in [0.1, 0.15) is 53.5 Å². The molecule has 39 heavy (non-hydrogen) atoms. The fourth-order valence-electron chi connectivity index (χ4n) is 4.69. The summed E-state index contributed by atoms with van der Waals surface area (Å²) in [6.45, 7) is 5.26. The molecule has 0 spiro atoms. The van der Waals surface area contributed by atoms with E-state index in [0.29, 0.717) is 23.9 Å². The minimum absolute atomic E-state index is 0.101. The third-order valence-electron chi connectivity index (χ3n) is 6.81. The van der Waals surface area contributed by atoms with Gasteiger partial charge in [0.2, 0.25) is 0 Å². The number of carbonyl (C=O) groups is 3. The van der Waals surface area contributed by atoms with E-state index in [-0.39, 0.29) is 18.5 Å². The second-order valence-corrected chi connectivity index (χ2v) is 11.1. The molecule has 0 saturated carbocycles. The number of hydrogen-bond donors (Lipinski definition) is 4. The van der Waals surface area contributed by atoms with Gasteiger partial charge in [0.1, 0.15) is 0 Å². The highest BCUT2D eigenvalue weighted by Crippen LogP contribution is 2.32. The van der Waals surface area contributed by atoms with Crippen molar-refractivity contribution in [3.63, 3.8) is 0 Å². The number of rotatable bonds is 10. The van der Waals surface area contributed by atoms with Gasteiger partial charge >= 0.3 is 0 Å². The lowest BCUT2D eigenvalue weighted by Gasteiger charge is -2.28. The average Bonchev–Trinajstić information content (AvgIpc) is 3.65. The number of nitrogens with one attached hydrogen (secondary N) is 2. The van der Waals surface area contributed by atoms with Gasteiger partial charge in [-0.05, 0) is 46.9 Å². The number of aliphatic hydroxyl groups excluding tert-OH is 2. The molecule has 3 aromatic rings. The smallest absolute Gasteiger partial charge is 0.261 e. The van der Waals surface area contributed by atoms with E-state index in [4.69, 9.17) is 0 Å². The normalized spacial score (nSPS) is 16.6. The molecule has 1 aliphatic heterocycles. The molecule has 4 N–H and O–H groups in total. The lowest BCUT2D eigenvalue weighted by atomic mass is 10.0. The Kier molecular flexibility index (Phi) is 9.50. The summed E-state index contributed by atoms with van der Waals surface area (Å²) in [5.41, 5.74) is 3.44. The van der Waals surface area contributed by atoms with E-state index in [1.165, 1.54) is 16.2 Å². The van der Waals surface area contributed by atoms with Gasteiger partial charge in [0, 0.05) is 25.2 Å². The average molecular weight is 550 g/mol. The van der Waals surface area contributed by atoms with Crippen LogP contribution in [0.5, 0.6) is 0 Å². The summed E-state index contributed by atoms with van der Waals surface area (Å²) in [4.78, 5) is 40.3. The number of carbonyl (C=O) groups excluding carboxylic acids is 3. The number of amides is 3. The molecule has 0 radical (unpaired) electrons. The first kappa shape index (κ1) is 28.5. The quantitative estimate of drug-likeness (QED) is 0.309. The number of thiophene rings is 1. The van der Waals surface area contributed by atoms with Crippen LogP contribution in [-0.2, 0) is 16.1 Å². The third kappa shape index (κ3) is 6.92. The fourth-order valence-corrected chi connectivity index (χ4v) is 5.52.